The van der Waals surface area contributed by atoms with Crippen molar-refractivity contribution >= 4 is 48.1 Å². The molecule has 0 radical (unpaired) electrons. The second-order valence-electron chi connectivity index (χ2n) is 10.3. The number of likely N-dealkylation sites (tertiary alicyclic amines) is 2. The molecule has 2 heterocycles. The number of hydrogen-bond acceptors (Lipinski definition) is 11. The van der Waals surface area contributed by atoms with Crippen molar-refractivity contribution in [3.8, 4) is 0 Å². The van der Waals surface area contributed by atoms with Crippen molar-refractivity contribution in [2.45, 2.75) is 81.2 Å². The lowest BCUT2D eigenvalue weighted by molar-refractivity contribution is -0.149. The van der Waals surface area contributed by atoms with Crippen molar-refractivity contribution in [1.82, 2.24) is 25.8 Å². The lowest BCUT2D eigenvalue weighted by atomic mass is 10.1. The topological polar surface area (TPSA) is 258 Å². The van der Waals surface area contributed by atoms with Crippen LogP contribution in [0.25, 0.3) is 0 Å². The van der Waals surface area contributed by atoms with Crippen LogP contribution in [0.1, 0.15) is 44.9 Å². The highest BCUT2D eigenvalue weighted by Gasteiger charge is 2.40. The maximum absolute atomic E-state index is 13.4. The molecule has 2 saturated heterocycles. The molecule has 2 aliphatic rings. The SMILES string of the molecule is NCCCC[C@H](NC(=O)[C@@H](N)CO)C(=O)N1CCC[C@H]1C(=O)N[C@@H](CO)C(=O)N[C@@H](CS)C(=O)N1CCC[C@H]1C(=O)O. The molecule has 16 nitrogen and oxygen atoms in total. The molecule has 238 valence electrons. The molecule has 17 heteroatoms. The lowest BCUT2D eigenvalue weighted by Gasteiger charge is -2.30. The number of thiol groups is 1. The first-order valence-electron chi connectivity index (χ1n) is 14.0. The Morgan fingerprint density at radius 2 is 1.38 bits per heavy atom. The Morgan fingerprint density at radius 3 is 1.93 bits per heavy atom. The average molecular weight is 618 g/mol. The van der Waals surface area contributed by atoms with Gasteiger partial charge >= 0.3 is 5.97 Å². The van der Waals surface area contributed by atoms with Crippen molar-refractivity contribution in [3.63, 3.8) is 0 Å². The number of carboxylic acid groups (broad SMARTS) is 1. The van der Waals surface area contributed by atoms with Gasteiger partial charge in [0, 0.05) is 18.8 Å². The molecular weight excluding hydrogens is 574 g/mol. The van der Waals surface area contributed by atoms with Crippen molar-refractivity contribution in [3.05, 3.63) is 0 Å². The number of carbonyl (C=O) groups excluding carboxylic acids is 5. The molecule has 5 amide bonds. The van der Waals surface area contributed by atoms with Gasteiger partial charge in [0.25, 0.3) is 0 Å². The highest BCUT2D eigenvalue weighted by atomic mass is 32.1. The van der Waals surface area contributed by atoms with Crippen molar-refractivity contribution in [1.29, 1.82) is 0 Å². The smallest absolute Gasteiger partial charge is 0.326 e. The van der Waals surface area contributed by atoms with E-state index in [0.717, 1.165) is 4.90 Å². The Hall–Kier alpha value is -2.99. The number of unbranched alkanes of at least 4 members (excludes halogenated alkanes) is 1. The van der Waals surface area contributed by atoms with Gasteiger partial charge in [0.05, 0.1) is 13.2 Å². The first kappa shape index (κ1) is 35.2. The van der Waals surface area contributed by atoms with Gasteiger partial charge in [0.2, 0.25) is 29.5 Å². The van der Waals surface area contributed by atoms with Crippen LogP contribution in [0.15, 0.2) is 0 Å². The van der Waals surface area contributed by atoms with Gasteiger partial charge in [-0.2, -0.15) is 12.6 Å². The molecule has 2 aliphatic heterocycles. The van der Waals surface area contributed by atoms with E-state index in [4.69, 9.17) is 11.5 Å². The maximum Gasteiger partial charge on any atom is 0.326 e. The third-order valence-electron chi connectivity index (χ3n) is 7.37. The summed E-state index contributed by atoms with van der Waals surface area (Å²) in [5.41, 5.74) is 11.1. The van der Waals surface area contributed by atoms with Gasteiger partial charge in [0.1, 0.15) is 36.3 Å². The van der Waals surface area contributed by atoms with Crippen molar-refractivity contribution in [2.75, 3.05) is 38.6 Å². The highest BCUT2D eigenvalue weighted by molar-refractivity contribution is 7.80. The summed E-state index contributed by atoms with van der Waals surface area (Å²) in [5, 5.41) is 35.8. The second kappa shape index (κ2) is 17.2. The molecule has 0 spiro atoms. The normalized spacial score (nSPS) is 21.3. The van der Waals surface area contributed by atoms with Gasteiger partial charge in [-0.3, -0.25) is 24.0 Å². The molecule has 0 aromatic rings. The van der Waals surface area contributed by atoms with E-state index in [9.17, 15) is 44.1 Å². The number of nitrogens with one attached hydrogen (secondary N) is 3. The minimum atomic E-state index is -1.47. The fourth-order valence-electron chi connectivity index (χ4n) is 5.02. The average Bonchev–Trinajstić information content (AvgIpc) is 3.67. The number of aliphatic hydroxyl groups is 2. The predicted molar refractivity (Wildman–Crippen MR) is 152 cm³/mol. The standard InChI is InChI=1S/C25H43N7O9S/c26-8-2-1-5-15(28-20(35)14(27)11-33)23(38)31-9-3-6-18(31)22(37)29-16(12-34)21(36)30-17(13-42)24(39)32-10-4-7-19(32)25(40)41/h14-19,33-34,42H,1-13,26-27H2,(H,28,35)(H,29,37)(H,30,36)(H,40,41)/t14-,15-,16-,17-,18-,19-/m0/s1. The van der Waals surface area contributed by atoms with Crippen LogP contribution in [0.2, 0.25) is 0 Å². The number of rotatable bonds is 16. The molecule has 10 N–H and O–H groups in total. The minimum Gasteiger partial charge on any atom is -0.480 e. The summed E-state index contributed by atoms with van der Waals surface area (Å²) in [6.45, 7) is -0.640. The van der Waals surface area contributed by atoms with Gasteiger partial charge < -0.3 is 52.5 Å². The van der Waals surface area contributed by atoms with E-state index in [-0.39, 0.29) is 38.1 Å². The van der Waals surface area contributed by atoms with Crippen LogP contribution in [0.5, 0.6) is 0 Å². The van der Waals surface area contributed by atoms with Crippen LogP contribution in [-0.2, 0) is 28.8 Å². The van der Waals surface area contributed by atoms with Crippen LogP contribution in [0.4, 0.5) is 0 Å². The van der Waals surface area contributed by atoms with Gasteiger partial charge in [-0.25, -0.2) is 4.79 Å². The maximum atomic E-state index is 13.4. The zero-order chi connectivity index (χ0) is 31.4. The Kier molecular flexibility index (Phi) is 14.4. The molecular formula is C25H43N7O9S. The van der Waals surface area contributed by atoms with Crippen LogP contribution < -0.4 is 27.4 Å². The van der Waals surface area contributed by atoms with E-state index in [1.807, 2.05) is 0 Å². The first-order chi connectivity index (χ1) is 20.0. The summed E-state index contributed by atoms with van der Waals surface area (Å²) in [6.07, 6.45) is 2.84. The third-order valence-corrected chi connectivity index (χ3v) is 7.73. The van der Waals surface area contributed by atoms with E-state index in [1.165, 1.54) is 4.90 Å². The fourth-order valence-corrected chi connectivity index (χ4v) is 5.27. The number of hydrogen-bond donors (Lipinski definition) is 9. The zero-order valence-corrected chi connectivity index (χ0v) is 24.3. The van der Waals surface area contributed by atoms with Gasteiger partial charge in [0.15, 0.2) is 0 Å². The molecule has 0 saturated carbocycles. The number of aliphatic carboxylic acids is 1. The zero-order valence-electron chi connectivity index (χ0n) is 23.4. The monoisotopic (exact) mass is 617 g/mol. The summed E-state index contributed by atoms with van der Waals surface area (Å²) >= 11 is 4.11. The number of carbonyl (C=O) groups is 6. The van der Waals surface area contributed by atoms with Gasteiger partial charge in [-0.05, 0) is 51.5 Å². The fraction of sp³-hybridized carbons (Fsp3) is 0.760. The molecule has 0 aromatic heterocycles. The van der Waals surface area contributed by atoms with Crippen molar-refractivity contribution in [2.24, 2.45) is 11.5 Å². The summed E-state index contributed by atoms with van der Waals surface area (Å²) in [7, 11) is 0. The van der Waals surface area contributed by atoms with Crippen LogP contribution in [0, 0.1) is 0 Å². The number of aliphatic hydroxyl groups excluding tert-OH is 2. The second-order valence-corrected chi connectivity index (χ2v) is 10.7. The van der Waals surface area contributed by atoms with E-state index < -0.39 is 85.0 Å². The number of nitrogens with zero attached hydrogens (tertiary/aromatic N) is 2. The number of nitrogens with two attached hydrogens (primary N) is 2. The molecule has 2 fully saturated rings. The van der Waals surface area contributed by atoms with E-state index in [1.54, 1.807) is 0 Å². The summed E-state index contributed by atoms with van der Waals surface area (Å²) in [5.74, 6) is -4.80. The summed E-state index contributed by atoms with van der Waals surface area (Å²) in [6, 6.07) is -6.93. The summed E-state index contributed by atoms with van der Waals surface area (Å²) in [4.78, 5) is 78.7. The Balaban J connectivity index is 2.08. The van der Waals surface area contributed by atoms with Crippen LogP contribution >= 0.6 is 12.6 Å². The van der Waals surface area contributed by atoms with Gasteiger partial charge in [-0.15, -0.1) is 0 Å². The lowest BCUT2D eigenvalue weighted by Crippen LogP contribution is -2.60. The van der Waals surface area contributed by atoms with Gasteiger partial charge in [-0.1, -0.05) is 0 Å². The van der Waals surface area contributed by atoms with E-state index >= 15 is 0 Å². The van der Waals surface area contributed by atoms with Crippen LogP contribution in [-0.4, -0.2) is 135 Å². The van der Waals surface area contributed by atoms with Crippen molar-refractivity contribution < 1.29 is 44.1 Å². The Morgan fingerprint density at radius 1 is 0.810 bits per heavy atom. The Bertz CT molecular complexity index is 988. The molecule has 0 aliphatic carbocycles. The molecule has 2 rings (SSSR count). The number of carboxylic acids is 1. The quantitative estimate of drug-likeness (QED) is 0.0594. The van der Waals surface area contributed by atoms with Crippen LogP contribution in [0.3, 0.4) is 0 Å². The summed E-state index contributed by atoms with van der Waals surface area (Å²) < 4.78 is 0. The molecule has 42 heavy (non-hydrogen) atoms. The molecule has 0 aromatic carbocycles. The highest BCUT2D eigenvalue weighted by Crippen LogP contribution is 2.21. The Labute approximate surface area is 249 Å². The predicted octanol–water partition coefficient (Wildman–Crippen LogP) is -4.12. The first-order valence-corrected chi connectivity index (χ1v) is 14.7. The number of amides is 5. The van der Waals surface area contributed by atoms with E-state index in [2.05, 4.69) is 28.6 Å². The largest absolute Gasteiger partial charge is 0.480 e. The molecule has 0 unspecified atom stereocenters. The minimum absolute atomic E-state index is 0.151. The third kappa shape index (κ3) is 9.26. The van der Waals surface area contributed by atoms with E-state index in [0.29, 0.717) is 32.2 Å². The molecule has 0 bridgehead atoms. The molecule has 6 atom stereocenters.